The van der Waals surface area contributed by atoms with Crippen molar-refractivity contribution in [3.05, 3.63) is 326 Å². The van der Waals surface area contributed by atoms with Gasteiger partial charge in [0, 0.05) is 0 Å². The molecule has 1 aliphatic rings. The number of benzene rings is 6. The van der Waals surface area contributed by atoms with Crippen molar-refractivity contribution in [3.63, 3.8) is 0 Å². The number of halogens is 3. The molecule has 18 rings (SSSR count). The zero-order chi connectivity index (χ0) is 78.5. The number of rotatable bonds is 9. The van der Waals surface area contributed by atoms with Crippen molar-refractivity contribution < 1.29 is 13.2 Å². The number of imidazole rings is 2. The van der Waals surface area contributed by atoms with Gasteiger partial charge in [-0.25, -0.2) is 0 Å². The number of fused-ring (bicyclic) bond motifs is 3. The minimum absolute atomic E-state index is 0.0942. The van der Waals surface area contributed by atoms with E-state index in [1.165, 1.54) is 48.8 Å². The van der Waals surface area contributed by atoms with Crippen LogP contribution in [-0.2, 0) is 11.6 Å². The molecule has 0 aliphatic carbocycles. The number of nitrogens with zero attached hydrogens (tertiary/aromatic N) is 20. The molecule has 21 nitrogen and oxygen atoms in total. The first-order valence-corrected chi connectivity index (χ1v) is 43.7. The maximum absolute atomic E-state index is 12.4. The molecule has 6 aromatic carbocycles. The summed E-state index contributed by atoms with van der Waals surface area (Å²) in [5.41, 5.74) is 14.7. The van der Waals surface area contributed by atoms with Gasteiger partial charge in [-0.15, -0.1) is 0 Å². The number of anilines is 4. The predicted octanol–water partition coefficient (Wildman–Crippen LogP) is 13.3. The van der Waals surface area contributed by atoms with Gasteiger partial charge in [0.25, 0.3) is 0 Å². The van der Waals surface area contributed by atoms with E-state index in [0.29, 0.717) is 36.1 Å². The second-order valence-corrected chi connectivity index (χ2v) is 35.0. The van der Waals surface area contributed by atoms with Gasteiger partial charge in [-0.05, 0) is 0 Å². The summed E-state index contributed by atoms with van der Waals surface area (Å²) in [5.74, 6) is 3.40. The number of para-hydroxylation sites is 5. The number of thiazole rings is 1. The molecule has 112 heavy (non-hydrogen) atoms. The van der Waals surface area contributed by atoms with Gasteiger partial charge in [0.15, 0.2) is 0 Å². The zero-order valence-electron chi connectivity index (χ0n) is 61.4. The molecule has 0 saturated heterocycles. The molecule has 17 aromatic rings. The van der Waals surface area contributed by atoms with Crippen LogP contribution in [0.2, 0.25) is 0 Å². The number of hydrazine groups is 2. The summed E-state index contributed by atoms with van der Waals surface area (Å²) in [6, 6.07) is 82.1. The molecule has 542 valence electrons. The summed E-state index contributed by atoms with van der Waals surface area (Å²) >= 11 is 7.01. The fourth-order valence-electron chi connectivity index (χ4n) is 11.7. The molecule has 6 radical (unpaired) electrons. The summed E-state index contributed by atoms with van der Waals surface area (Å²) in [4.78, 5) is 55.8. The molecular formula is C81H67F3Ga6N20OS. The first-order chi connectivity index (χ1) is 54.2. The predicted molar refractivity (Wildman–Crippen MR) is 448 cm³/mol. The molecule has 0 amide bonds. The monoisotopic (exact) mass is 1840 g/mol. The Morgan fingerprint density at radius 2 is 1.02 bits per heavy atom. The fraction of sp³-hybridized carbons (Fsp3) is 0.0741. The van der Waals surface area contributed by atoms with E-state index in [1.807, 2.05) is 135 Å². The molecule has 0 saturated carbocycles. The van der Waals surface area contributed by atoms with Crippen molar-refractivity contribution in [1.29, 1.82) is 0 Å². The summed E-state index contributed by atoms with van der Waals surface area (Å²) in [7, 11) is 0. The van der Waals surface area contributed by atoms with E-state index in [-0.39, 0.29) is 5.41 Å². The van der Waals surface area contributed by atoms with Gasteiger partial charge in [0.2, 0.25) is 0 Å². The average molecular weight is 1840 g/mol. The SMILES string of the molecule is CC(C)(C)c1cc(-c2ccccn2)[n]([GaH])n1.Cc1ccnc(-c2ncc[n]2[GaH])c1.FC(F)(F)c1cc(-c2ccccn2)[n]([GaH])n1.O=c1nc[n]([GaH])c(-c2nccc3ccccc23)n1.[GaH][N]1c2ccccc2N(c2ccccc2)N1c1ccccn1.[GaH][n]1c(-c2nc(-c3ccccc3)sc2-c2ccccc2)nc2ccccc21. The molecule has 0 N–H and O–H groups in total. The fourth-order valence-corrected chi connectivity index (χ4v) is 18.0. The Balaban J connectivity index is 0.000000120. The number of aromatic nitrogens is 17. The topological polar surface area (TPSA) is 206 Å². The van der Waals surface area contributed by atoms with Gasteiger partial charge in [0.1, 0.15) is 0 Å². The number of aryl methyl sites for hydroxylation is 1. The molecule has 0 atom stereocenters. The van der Waals surface area contributed by atoms with Gasteiger partial charge in [-0.3, -0.25) is 0 Å². The second kappa shape index (κ2) is 36.6. The van der Waals surface area contributed by atoms with Crippen LogP contribution >= 0.6 is 11.3 Å². The molecule has 0 fully saturated rings. The van der Waals surface area contributed by atoms with E-state index in [0.717, 1.165) is 184 Å². The van der Waals surface area contributed by atoms with E-state index in [2.05, 4.69) is 226 Å². The van der Waals surface area contributed by atoms with Crippen molar-refractivity contribution in [2.75, 3.05) is 13.8 Å². The van der Waals surface area contributed by atoms with Crippen molar-refractivity contribution in [2.24, 2.45) is 0 Å². The van der Waals surface area contributed by atoms with Crippen LogP contribution < -0.4 is 19.5 Å². The van der Waals surface area contributed by atoms with Crippen LogP contribution in [0.5, 0.6) is 0 Å². The molecule has 0 bridgehead atoms. The first-order valence-electron chi connectivity index (χ1n) is 34.9. The number of alkyl halides is 3. The van der Waals surface area contributed by atoms with Crippen LogP contribution in [-0.4, -0.2) is 190 Å². The van der Waals surface area contributed by atoms with Crippen LogP contribution in [0.3, 0.4) is 0 Å². The molecule has 0 unspecified atom stereocenters. The molecular weight excluding hydrogens is 1780 g/mol. The summed E-state index contributed by atoms with van der Waals surface area (Å²) in [6.07, 6.45) is 9.61. The minimum atomic E-state index is -4.41. The van der Waals surface area contributed by atoms with Gasteiger partial charge < -0.3 is 0 Å². The van der Waals surface area contributed by atoms with Crippen molar-refractivity contribution in [3.8, 4) is 78.3 Å². The number of hydrogen-bond donors (Lipinski definition) is 0. The maximum atomic E-state index is 12.4. The average Bonchev–Trinajstić information content (AvgIpc) is 1.56. The molecule has 12 heterocycles. The third kappa shape index (κ3) is 19.1. The van der Waals surface area contributed by atoms with E-state index >= 15 is 0 Å². The van der Waals surface area contributed by atoms with E-state index in [4.69, 9.17) is 9.97 Å². The third-order valence-electron chi connectivity index (χ3n) is 17.2. The quantitative estimate of drug-likeness (QED) is 0.123. The standard InChI is InChI=1S/C22H14N3S.C17H13N4.C12H8N4O.C12H14N3.C9H5F3N3.C9H8N3.6Ga.6H/c1-3-9-15(10-4-1)20-19(21-23-17-13-7-8-14-18(17)24-21)25-22(26-20)16-11-5-2-6-12-16;1-2-8-14(9-3-1)20-16-11-5-4-10-15(16)19-21(20)17-12-6-7-13-18-17;17-12-15-7-14-11(16-12)10-9-4-2-1-3-8(9)5-6-13-10;1-12(2,3)11-8-10(14-15-11)9-6-4-5-7-13-9;10-9(11,12)8-5-7(14-15-8)6-3-1-2-4-13-6;1-7-2-3-10-8(6-7)9-11-4-5-12-9;;;;;;;;;;;;/h1-14H;1-13H;1-7H,(H,14,15,16,17);4-8H,1-3H3;1-5H;2-6H,1H3;;;;;;;;;;;;/q2*-1;;3*-1;6*+1;;;;;;/p-1. The van der Waals surface area contributed by atoms with Gasteiger partial charge >= 0.3 is 716 Å². The van der Waals surface area contributed by atoms with Crippen molar-refractivity contribution in [1.82, 2.24) is 76.6 Å². The molecule has 11 aromatic heterocycles. The van der Waals surface area contributed by atoms with E-state index in [1.54, 1.807) is 35.7 Å². The van der Waals surface area contributed by atoms with Gasteiger partial charge in [0.05, 0.1) is 0 Å². The zero-order valence-corrected chi connectivity index (χ0v) is 80.0. The summed E-state index contributed by atoms with van der Waals surface area (Å²) in [6.45, 7) is 8.59. The first kappa shape index (κ1) is 79.9. The van der Waals surface area contributed by atoms with Crippen LogP contribution in [0.25, 0.3) is 100 Å². The molecule has 1 aliphatic heterocycles. The third-order valence-corrected chi connectivity index (χ3v) is 25.0. The Labute approximate surface area is 709 Å². The Hall–Kier alpha value is -10.1. The normalized spacial score (nSPS) is 11.5. The van der Waals surface area contributed by atoms with E-state index in [9.17, 15) is 18.0 Å². The van der Waals surface area contributed by atoms with Crippen molar-refractivity contribution in [2.45, 2.75) is 39.3 Å². The Kier molecular flexibility index (Phi) is 26.1. The van der Waals surface area contributed by atoms with Gasteiger partial charge in [-0.2, -0.15) is 0 Å². The van der Waals surface area contributed by atoms with Crippen LogP contribution in [0, 0.1) is 6.92 Å². The number of hydrogen-bond acceptors (Lipinski definition) is 17. The van der Waals surface area contributed by atoms with Crippen molar-refractivity contribution >= 4 is 169 Å². The Morgan fingerprint density at radius 3 is 1.62 bits per heavy atom. The Morgan fingerprint density at radius 1 is 0.446 bits per heavy atom. The van der Waals surface area contributed by atoms with Crippen LogP contribution in [0.15, 0.2) is 303 Å². The summed E-state index contributed by atoms with van der Waals surface area (Å²) < 4.78 is 49.0. The molecule has 0 spiro atoms. The second-order valence-electron chi connectivity index (χ2n) is 26.1. The van der Waals surface area contributed by atoms with Gasteiger partial charge in [-0.1, -0.05) is 0 Å². The molecule has 31 heteroatoms. The van der Waals surface area contributed by atoms with E-state index < -0.39 is 17.6 Å². The van der Waals surface area contributed by atoms with Crippen LogP contribution in [0.1, 0.15) is 37.7 Å². The van der Waals surface area contributed by atoms with Crippen LogP contribution in [0.4, 0.5) is 36.1 Å². The number of pyridine rings is 5. The summed E-state index contributed by atoms with van der Waals surface area (Å²) in [5, 5.41) is 15.5. The Bertz CT molecular complexity index is 5960.